The molecule has 3 rings (SSSR count). The Bertz CT molecular complexity index is 748. The van der Waals surface area contributed by atoms with Gasteiger partial charge < -0.3 is 4.74 Å². The van der Waals surface area contributed by atoms with Gasteiger partial charge >= 0.3 is 0 Å². The molecule has 0 spiro atoms. The van der Waals surface area contributed by atoms with E-state index in [0.29, 0.717) is 12.3 Å². The number of thiophene rings is 1. The second kappa shape index (κ2) is 6.65. The van der Waals surface area contributed by atoms with Crippen LogP contribution in [-0.2, 0) is 11.3 Å². The van der Waals surface area contributed by atoms with E-state index in [-0.39, 0.29) is 11.7 Å². The van der Waals surface area contributed by atoms with E-state index in [9.17, 15) is 4.79 Å². The minimum Gasteiger partial charge on any atom is -0.376 e. The minimum absolute atomic E-state index is 0.0393. The molecular formula is C15H16N2O2S2. The van der Waals surface area contributed by atoms with Gasteiger partial charge in [-0.15, -0.1) is 17.3 Å². The molecular weight excluding hydrogens is 304 g/mol. The van der Waals surface area contributed by atoms with Gasteiger partial charge in [0.25, 0.3) is 5.56 Å². The lowest BCUT2D eigenvalue weighted by atomic mass is 10.2. The zero-order valence-corrected chi connectivity index (χ0v) is 13.4. The van der Waals surface area contributed by atoms with Gasteiger partial charge in [-0.3, -0.25) is 9.36 Å². The zero-order valence-electron chi connectivity index (χ0n) is 11.8. The highest BCUT2D eigenvalue weighted by Crippen LogP contribution is 2.22. The van der Waals surface area contributed by atoms with Crippen molar-refractivity contribution in [1.82, 2.24) is 9.55 Å². The van der Waals surface area contributed by atoms with Crippen LogP contribution in [0.5, 0.6) is 0 Å². The van der Waals surface area contributed by atoms with Crippen molar-refractivity contribution < 1.29 is 4.74 Å². The Morgan fingerprint density at radius 1 is 1.62 bits per heavy atom. The molecule has 6 heteroatoms. The lowest BCUT2D eigenvalue weighted by Gasteiger charge is -2.15. The fourth-order valence-electron chi connectivity index (χ4n) is 2.36. The maximum Gasteiger partial charge on any atom is 0.272 e. The van der Waals surface area contributed by atoms with Crippen molar-refractivity contribution in [3.8, 4) is 11.8 Å². The maximum atomic E-state index is 12.7. The summed E-state index contributed by atoms with van der Waals surface area (Å²) in [5, 5.41) is 2.65. The van der Waals surface area contributed by atoms with Crippen LogP contribution in [0.25, 0.3) is 10.2 Å². The molecule has 0 bridgehead atoms. The third kappa shape index (κ3) is 3.15. The van der Waals surface area contributed by atoms with Crippen molar-refractivity contribution in [3.63, 3.8) is 0 Å². The van der Waals surface area contributed by atoms with Gasteiger partial charge in [0.2, 0.25) is 0 Å². The standard InChI is InChI=1S/C15H16N2O2S2/c1-2-3-8-21-15-16-12-6-9-20-13(12)14(18)17(15)10-11-5-4-7-19-11/h6,9,11H,4-5,7-8,10H2,1H3. The van der Waals surface area contributed by atoms with Crippen LogP contribution in [0.4, 0.5) is 0 Å². The Balaban J connectivity index is 1.98. The van der Waals surface area contributed by atoms with Gasteiger partial charge in [-0.05, 0) is 31.2 Å². The fraction of sp³-hybridized carbons (Fsp3) is 0.467. The average molecular weight is 320 g/mol. The van der Waals surface area contributed by atoms with Gasteiger partial charge in [-0.25, -0.2) is 4.98 Å². The number of rotatable bonds is 4. The quantitative estimate of drug-likeness (QED) is 0.494. The van der Waals surface area contributed by atoms with E-state index < -0.39 is 0 Å². The summed E-state index contributed by atoms with van der Waals surface area (Å²) in [5.41, 5.74) is 0.818. The Kier molecular flexibility index (Phi) is 4.63. The van der Waals surface area contributed by atoms with Gasteiger partial charge in [0.1, 0.15) is 4.70 Å². The molecule has 1 aliphatic heterocycles. The van der Waals surface area contributed by atoms with Crippen molar-refractivity contribution in [3.05, 3.63) is 21.8 Å². The predicted octanol–water partition coefficient (Wildman–Crippen LogP) is 2.75. The number of thioether (sulfide) groups is 1. The second-order valence-corrected chi connectivity index (χ2v) is 6.65. The van der Waals surface area contributed by atoms with E-state index in [1.54, 1.807) is 4.57 Å². The van der Waals surface area contributed by atoms with E-state index in [1.165, 1.54) is 23.1 Å². The summed E-state index contributed by atoms with van der Waals surface area (Å²) < 4.78 is 8.15. The van der Waals surface area contributed by atoms with Crippen LogP contribution < -0.4 is 5.56 Å². The summed E-state index contributed by atoms with van der Waals surface area (Å²) in [6, 6.07) is 1.90. The average Bonchev–Trinajstić information content (AvgIpc) is 3.14. The molecule has 0 aliphatic carbocycles. The fourth-order valence-corrected chi connectivity index (χ4v) is 3.96. The third-order valence-electron chi connectivity index (χ3n) is 3.39. The molecule has 0 aromatic carbocycles. The first-order valence-corrected chi connectivity index (χ1v) is 8.78. The topological polar surface area (TPSA) is 44.1 Å². The normalized spacial score (nSPS) is 17.9. The monoisotopic (exact) mass is 320 g/mol. The van der Waals surface area contributed by atoms with Crippen LogP contribution in [0, 0.1) is 11.8 Å². The molecule has 2 aromatic rings. The Morgan fingerprint density at radius 2 is 2.52 bits per heavy atom. The molecule has 110 valence electrons. The summed E-state index contributed by atoms with van der Waals surface area (Å²) in [6.07, 6.45) is 2.20. The van der Waals surface area contributed by atoms with Gasteiger partial charge in [0, 0.05) is 6.61 Å². The van der Waals surface area contributed by atoms with Crippen LogP contribution in [0.1, 0.15) is 19.8 Å². The summed E-state index contributed by atoms with van der Waals surface area (Å²) >= 11 is 2.96. The van der Waals surface area contributed by atoms with E-state index in [0.717, 1.165) is 34.8 Å². The van der Waals surface area contributed by atoms with Gasteiger partial charge in [0.15, 0.2) is 5.16 Å². The number of fused-ring (bicyclic) bond motifs is 1. The number of ether oxygens (including phenoxy) is 1. The van der Waals surface area contributed by atoms with E-state index in [4.69, 9.17) is 4.74 Å². The van der Waals surface area contributed by atoms with E-state index >= 15 is 0 Å². The van der Waals surface area contributed by atoms with Crippen LogP contribution in [-0.4, -0.2) is 28.0 Å². The van der Waals surface area contributed by atoms with E-state index in [2.05, 4.69) is 16.8 Å². The van der Waals surface area contributed by atoms with Crippen molar-refractivity contribution in [2.24, 2.45) is 0 Å². The number of aromatic nitrogens is 2. The van der Waals surface area contributed by atoms with Gasteiger partial charge in [-0.1, -0.05) is 17.7 Å². The number of hydrogen-bond donors (Lipinski definition) is 0. The molecule has 1 aliphatic rings. The van der Waals surface area contributed by atoms with Crippen molar-refractivity contribution in [1.29, 1.82) is 0 Å². The molecule has 21 heavy (non-hydrogen) atoms. The highest BCUT2D eigenvalue weighted by atomic mass is 32.2. The Morgan fingerprint density at radius 3 is 3.29 bits per heavy atom. The smallest absolute Gasteiger partial charge is 0.272 e. The Labute approximate surface area is 131 Å². The molecule has 2 aromatic heterocycles. The lowest BCUT2D eigenvalue weighted by molar-refractivity contribution is 0.0938. The number of hydrogen-bond acceptors (Lipinski definition) is 5. The summed E-state index contributed by atoms with van der Waals surface area (Å²) in [5.74, 6) is 6.52. The number of nitrogens with zero attached hydrogens (tertiary/aromatic N) is 2. The van der Waals surface area contributed by atoms with Crippen LogP contribution in [0.2, 0.25) is 0 Å². The minimum atomic E-state index is 0.0393. The molecule has 0 amide bonds. The SMILES string of the molecule is CC#CCSc1nc2ccsc2c(=O)n1CC1CCCO1. The molecule has 0 N–H and O–H groups in total. The van der Waals surface area contributed by atoms with Crippen molar-refractivity contribution in [2.75, 3.05) is 12.4 Å². The van der Waals surface area contributed by atoms with Gasteiger partial charge in [0.05, 0.1) is 23.9 Å². The van der Waals surface area contributed by atoms with Crippen molar-refractivity contribution in [2.45, 2.75) is 37.6 Å². The van der Waals surface area contributed by atoms with Gasteiger partial charge in [-0.2, -0.15) is 0 Å². The molecule has 3 heterocycles. The summed E-state index contributed by atoms with van der Waals surface area (Å²) in [4.78, 5) is 17.3. The van der Waals surface area contributed by atoms with Crippen LogP contribution >= 0.6 is 23.1 Å². The van der Waals surface area contributed by atoms with Crippen LogP contribution in [0.15, 0.2) is 21.4 Å². The second-order valence-electron chi connectivity index (χ2n) is 4.80. The lowest BCUT2D eigenvalue weighted by Crippen LogP contribution is -2.28. The van der Waals surface area contributed by atoms with Crippen LogP contribution in [0.3, 0.4) is 0 Å². The highest BCUT2D eigenvalue weighted by molar-refractivity contribution is 7.99. The summed E-state index contributed by atoms with van der Waals surface area (Å²) in [6.45, 7) is 3.19. The molecule has 1 fully saturated rings. The maximum absolute atomic E-state index is 12.7. The molecule has 4 nitrogen and oxygen atoms in total. The zero-order chi connectivity index (χ0) is 14.7. The van der Waals surface area contributed by atoms with Crippen molar-refractivity contribution >= 4 is 33.3 Å². The first kappa shape index (κ1) is 14.6. The molecule has 0 saturated carbocycles. The third-order valence-corrected chi connectivity index (χ3v) is 5.14. The largest absolute Gasteiger partial charge is 0.376 e. The Hall–Kier alpha value is -1.29. The summed E-state index contributed by atoms with van der Waals surface area (Å²) in [7, 11) is 0. The molecule has 0 radical (unpaired) electrons. The molecule has 1 unspecified atom stereocenters. The molecule has 1 saturated heterocycles. The highest BCUT2D eigenvalue weighted by Gasteiger charge is 2.20. The van der Waals surface area contributed by atoms with E-state index in [1.807, 2.05) is 18.4 Å². The first-order valence-electron chi connectivity index (χ1n) is 6.91. The predicted molar refractivity (Wildman–Crippen MR) is 87.0 cm³/mol. The molecule has 1 atom stereocenters. The first-order chi connectivity index (χ1) is 10.3.